The van der Waals surface area contributed by atoms with E-state index in [0.29, 0.717) is 78.1 Å². The number of aryl methyl sites for hydroxylation is 3. The molecular formula is C51H66ClN11O5S2. The number of rotatable bonds is 20. The van der Waals surface area contributed by atoms with Crippen LogP contribution in [-0.4, -0.2) is 116 Å². The summed E-state index contributed by atoms with van der Waals surface area (Å²) in [5.74, 6) is 1.37. The average molecular weight is 1010 g/mol. The number of hydrogen-bond donors (Lipinski definition) is 5. The summed E-state index contributed by atoms with van der Waals surface area (Å²) in [4.78, 5) is 78.8. The van der Waals surface area contributed by atoms with Gasteiger partial charge in [0.05, 0.1) is 45.1 Å². The van der Waals surface area contributed by atoms with Crippen LogP contribution in [0.2, 0.25) is 5.02 Å². The Hall–Kier alpha value is -5.53. The number of aromatic nitrogens is 4. The van der Waals surface area contributed by atoms with Crippen molar-refractivity contribution in [3.05, 3.63) is 92.8 Å². The Morgan fingerprint density at radius 3 is 2.34 bits per heavy atom. The summed E-state index contributed by atoms with van der Waals surface area (Å²) in [5, 5.41) is 24.2. The summed E-state index contributed by atoms with van der Waals surface area (Å²) >= 11 is 9.12. The minimum Gasteiger partial charge on any atom is -0.391 e. The molecule has 2 fully saturated rings. The molecule has 0 radical (unpaired) electrons. The number of benzene rings is 2. The molecule has 3 aromatic heterocycles. The van der Waals surface area contributed by atoms with E-state index < -0.39 is 23.6 Å². The number of carbonyl (C=O) groups excluding carboxylic acids is 4. The van der Waals surface area contributed by atoms with Crippen LogP contribution in [0, 0.1) is 26.2 Å². The third-order valence-corrected chi connectivity index (χ3v) is 15.0. The van der Waals surface area contributed by atoms with E-state index in [1.54, 1.807) is 22.3 Å². The Morgan fingerprint density at radius 1 is 0.914 bits per heavy atom. The molecule has 3 atom stereocenters. The Bertz CT molecular complexity index is 2570. The number of anilines is 4. The van der Waals surface area contributed by atoms with Crippen LogP contribution in [0.15, 0.2) is 60.2 Å². The van der Waals surface area contributed by atoms with Crippen LogP contribution in [0.1, 0.15) is 104 Å². The molecular weight excluding hydrogens is 946 g/mol. The number of aliphatic hydroxyl groups excluding tert-OH is 1. The highest BCUT2D eigenvalue weighted by Gasteiger charge is 2.43. The lowest BCUT2D eigenvalue weighted by Gasteiger charge is -2.35. The maximum Gasteiger partial charge on any atom is 0.267 e. The van der Waals surface area contributed by atoms with E-state index in [-0.39, 0.29) is 36.6 Å². The van der Waals surface area contributed by atoms with Gasteiger partial charge >= 0.3 is 0 Å². The van der Waals surface area contributed by atoms with E-state index in [0.717, 1.165) is 71.6 Å². The van der Waals surface area contributed by atoms with Gasteiger partial charge in [-0.2, -0.15) is 0 Å². The van der Waals surface area contributed by atoms with Gasteiger partial charge in [-0.25, -0.2) is 19.9 Å². The number of β-amino-alcohol motifs (C(OH)–C–C–N with tert-alkyl or cyclic N) is 1. The number of likely N-dealkylation sites (tertiary alicyclic amines) is 1. The van der Waals surface area contributed by atoms with Crippen molar-refractivity contribution < 1.29 is 24.3 Å². The van der Waals surface area contributed by atoms with Crippen molar-refractivity contribution in [3.63, 3.8) is 0 Å². The van der Waals surface area contributed by atoms with Gasteiger partial charge in [0, 0.05) is 58.2 Å². The first kappa shape index (κ1) is 52.3. The van der Waals surface area contributed by atoms with Crippen LogP contribution in [0.5, 0.6) is 0 Å². The summed E-state index contributed by atoms with van der Waals surface area (Å²) < 4.78 is 0. The first-order valence-corrected chi connectivity index (χ1v) is 26.3. The van der Waals surface area contributed by atoms with Crippen molar-refractivity contribution in [2.45, 2.75) is 118 Å². The van der Waals surface area contributed by atoms with E-state index in [1.807, 2.05) is 94.4 Å². The standard InChI is InChI=1S/C51H66ClN11O5S2/c1-32-14-13-15-38(52)44(32)60-48(67)40-29-55-50(70-40)59-41-27-42(58-34(3)57-41)61-22-24-62(25-23-61)43(65)16-11-9-7-8-10-12-21-53-46(51(4,5)6)49(68)63-30-37(64)26-39(63)47(66)54-28-35-17-19-36(20-18-35)45-33(2)56-31-69-45/h13-15,17-20,27,29,31,37,39,46,53,64H,7-12,16,21-26,28,30H2,1-6H3,(H,54,66)(H,60,67)(H,55,57,58,59)/t37-,39+,46?/m1/s1. The largest absolute Gasteiger partial charge is 0.391 e. The number of piperazine rings is 1. The normalized spacial score (nSPS) is 16.6. The Kier molecular flexibility index (Phi) is 18.0. The lowest BCUT2D eigenvalue weighted by molar-refractivity contribution is -0.142. The fourth-order valence-corrected chi connectivity index (χ4v) is 10.7. The zero-order valence-electron chi connectivity index (χ0n) is 41.0. The van der Waals surface area contributed by atoms with Crippen molar-refractivity contribution in [1.82, 2.24) is 40.4 Å². The second-order valence-electron chi connectivity index (χ2n) is 19.3. The zero-order valence-corrected chi connectivity index (χ0v) is 43.4. The van der Waals surface area contributed by atoms with Crippen LogP contribution in [0.4, 0.5) is 22.5 Å². The summed E-state index contributed by atoms with van der Waals surface area (Å²) in [7, 11) is 0. The van der Waals surface area contributed by atoms with E-state index in [2.05, 4.69) is 46.1 Å². The molecule has 7 rings (SSSR count). The van der Waals surface area contributed by atoms with Crippen molar-refractivity contribution in [3.8, 4) is 10.4 Å². The van der Waals surface area contributed by atoms with Gasteiger partial charge in [0.1, 0.15) is 28.4 Å². The van der Waals surface area contributed by atoms with Gasteiger partial charge in [0.15, 0.2) is 5.13 Å². The molecule has 2 aromatic carbocycles. The zero-order chi connectivity index (χ0) is 50.0. The number of unbranched alkanes of at least 4 members (excludes halogenated alkanes) is 5. The summed E-state index contributed by atoms with van der Waals surface area (Å²) in [6.07, 6.45) is 7.27. The number of hydrogen-bond acceptors (Lipinski definition) is 14. The molecule has 5 aromatic rings. The summed E-state index contributed by atoms with van der Waals surface area (Å²) in [5.41, 5.74) is 5.88. The van der Waals surface area contributed by atoms with Crippen LogP contribution in [0.25, 0.3) is 10.4 Å². The van der Waals surface area contributed by atoms with Crippen molar-refractivity contribution in [2.24, 2.45) is 5.41 Å². The lowest BCUT2D eigenvalue weighted by atomic mass is 9.85. The summed E-state index contributed by atoms with van der Waals surface area (Å²) in [6.45, 7) is 15.4. The minimum absolute atomic E-state index is 0.128. The van der Waals surface area contributed by atoms with E-state index in [9.17, 15) is 24.3 Å². The maximum absolute atomic E-state index is 14.1. The van der Waals surface area contributed by atoms with E-state index in [1.165, 1.54) is 17.5 Å². The quantitative estimate of drug-likeness (QED) is 0.0469. The Morgan fingerprint density at radius 2 is 1.64 bits per heavy atom. The fraction of sp³-hybridized carbons (Fsp3) is 0.490. The highest BCUT2D eigenvalue weighted by atomic mass is 35.5. The van der Waals surface area contributed by atoms with Crippen molar-refractivity contribution in [2.75, 3.05) is 54.8 Å². The molecule has 5 N–H and O–H groups in total. The van der Waals surface area contributed by atoms with Crippen molar-refractivity contribution in [1.29, 1.82) is 0 Å². The predicted octanol–water partition coefficient (Wildman–Crippen LogP) is 8.29. The van der Waals surface area contributed by atoms with Gasteiger partial charge in [0.2, 0.25) is 17.7 Å². The average Bonchev–Trinajstić information content (AvgIpc) is 4.09. The molecule has 1 unspecified atom stereocenters. The maximum atomic E-state index is 14.1. The van der Waals surface area contributed by atoms with Gasteiger partial charge < -0.3 is 41.1 Å². The molecule has 19 heteroatoms. The molecule has 2 aliphatic heterocycles. The second-order valence-corrected chi connectivity index (χ2v) is 21.6. The van der Waals surface area contributed by atoms with Gasteiger partial charge in [-0.15, -0.1) is 11.3 Å². The SMILES string of the molecule is Cc1nc(Nc2ncc(C(=O)Nc3c(C)cccc3Cl)s2)cc(N2CCN(C(=O)CCCCCCCCNC(C(=O)N3C[C@H](O)C[C@H]3C(=O)NCc3ccc(-c4scnc4C)cc3)C(C)(C)C)CC2)n1. The Balaban J connectivity index is 0.776. The molecule has 2 saturated heterocycles. The molecule has 0 saturated carbocycles. The highest BCUT2D eigenvalue weighted by molar-refractivity contribution is 7.17. The molecule has 4 amide bonds. The molecule has 0 aliphatic carbocycles. The van der Waals surface area contributed by atoms with Gasteiger partial charge in [-0.3, -0.25) is 19.2 Å². The number of nitrogens with one attached hydrogen (secondary N) is 4. The van der Waals surface area contributed by atoms with Gasteiger partial charge in [0.25, 0.3) is 5.91 Å². The minimum atomic E-state index is -0.762. The second kappa shape index (κ2) is 24.1. The molecule has 16 nitrogen and oxygen atoms in total. The first-order chi connectivity index (χ1) is 33.5. The van der Waals surface area contributed by atoms with Crippen molar-refractivity contribution >= 4 is 80.4 Å². The monoisotopic (exact) mass is 1010 g/mol. The molecule has 5 heterocycles. The first-order valence-electron chi connectivity index (χ1n) is 24.2. The molecule has 2 aliphatic rings. The molecule has 0 spiro atoms. The third kappa shape index (κ3) is 13.9. The van der Waals surface area contributed by atoms with Crippen LogP contribution in [-0.2, 0) is 20.9 Å². The number of para-hydroxylation sites is 1. The highest BCUT2D eigenvalue weighted by Crippen LogP contribution is 2.31. The Labute approximate surface area is 424 Å². The topological polar surface area (TPSA) is 198 Å². The number of nitrogens with zero attached hydrogens (tertiary/aromatic N) is 7. The summed E-state index contributed by atoms with van der Waals surface area (Å²) in [6, 6.07) is 14.1. The predicted molar refractivity (Wildman–Crippen MR) is 279 cm³/mol. The van der Waals surface area contributed by atoms with Crippen LogP contribution in [0.3, 0.4) is 0 Å². The number of amides is 4. The number of halogens is 1. The van der Waals surface area contributed by atoms with E-state index >= 15 is 0 Å². The molecule has 374 valence electrons. The smallest absolute Gasteiger partial charge is 0.267 e. The molecule has 0 bridgehead atoms. The lowest BCUT2D eigenvalue weighted by Crippen LogP contribution is -2.56. The van der Waals surface area contributed by atoms with E-state index in [4.69, 9.17) is 11.6 Å². The van der Waals surface area contributed by atoms with Crippen LogP contribution >= 0.6 is 34.3 Å². The number of carbonyl (C=O) groups is 4. The third-order valence-electron chi connectivity index (χ3n) is 12.8. The van der Waals surface area contributed by atoms with Gasteiger partial charge in [-0.05, 0) is 68.3 Å². The number of thiazole rings is 2. The molecule has 70 heavy (non-hydrogen) atoms. The fourth-order valence-electron chi connectivity index (χ4n) is 8.88. The van der Waals surface area contributed by atoms with Gasteiger partial charge in [-0.1, -0.05) is 106 Å². The van der Waals surface area contributed by atoms with Crippen LogP contribution < -0.4 is 26.2 Å². The number of aliphatic hydroxyl groups is 1.